The zero-order valence-corrected chi connectivity index (χ0v) is 14.4. The molecule has 0 bridgehead atoms. The van der Waals surface area contributed by atoms with Gasteiger partial charge < -0.3 is 9.57 Å². The molecule has 0 aliphatic carbocycles. The lowest BCUT2D eigenvalue weighted by Crippen LogP contribution is -2.08. The number of rotatable bonds is 2. The summed E-state index contributed by atoms with van der Waals surface area (Å²) in [7, 11) is 0. The summed E-state index contributed by atoms with van der Waals surface area (Å²) in [5, 5.41) is 4.73. The van der Waals surface area contributed by atoms with E-state index in [1.54, 1.807) is 24.3 Å². The molecule has 0 amide bonds. The maximum absolute atomic E-state index is 12.3. The Morgan fingerprint density at radius 2 is 1.62 bits per heavy atom. The Morgan fingerprint density at radius 3 is 2.42 bits per heavy atom. The van der Waals surface area contributed by atoms with Gasteiger partial charge in [-0.3, -0.25) is 0 Å². The monoisotopic (exact) mass is 363 g/mol. The van der Waals surface area contributed by atoms with Crippen LogP contribution in [-0.2, 0) is 11.4 Å². The number of nitrogens with zero attached hydrogens (tertiary/aromatic N) is 1. The second-order valence-corrected chi connectivity index (χ2v) is 6.20. The molecule has 0 radical (unpaired) electrons. The molecule has 0 fully saturated rings. The number of oxime groups is 1. The number of carbonyl (C=O) groups is 1. The van der Waals surface area contributed by atoms with Crippen molar-refractivity contribution in [1.29, 1.82) is 0 Å². The molecule has 0 N–H and O–H groups in total. The van der Waals surface area contributed by atoms with Crippen molar-refractivity contribution in [3.63, 3.8) is 0 Å². The smallest absolute Gasteiger partial charge is 0.365 e. The molecule has 128 valence electrons. The van der Waals surface area contributed by atoms with E-state index < -0.39 is 5.97 Å². The van der Waals surface area contributed by atoms with Gasteiger partial charge in [0.25, 0.3) is 0 Å². The zero-order chi connectivity index (χ0) is 17.9. The Labute approximate surface area is 155 Å². The fraction of sp³-hybridized carbons (Fsp3) is 0.0476. The van der Waals surface area contributed by atoms with E-state index in [0.717, 1.165) is 16.7 Å². The summed E-state index contributed by atoms with van der Waals surface area (Å²) in [5.74, 6) is 0.152. The number of hydrogen-bond acceptors (Lipinski definition) is 4. The molecule has 0 unspecified atom stereocenters. The van der Waals surface area contributed by atoms with Gasteiger partial charge in [-0.25, -0.2) is 4.79 Å². The Hall–Kier alpha value is -3.11. The van der Waals surface area contributed by atoms with Crippen LogP contribution >= 0.6 is 11.6 Å². The first-order valence-corrected chi connectivity index (χ1v) is 8.45. The molecule has 4 nitrogen and oxygen atoms in total. The summed E-state index contributed by atoms with van der Waals surface area (Å²) < 4.78 is 5.87. The third-order valence-corrected chi connectivity index (χ3v) is 4.35. The third kappa shape index (κ3) is 3.19. The van der Waals surface area contributed by atoms with E-state index in [9.17, 15) is 4.79 Å². The van der Waals surface area contributed by atoms with Crippen LogP contribution in [0.15, 0.2) is 78.0 Å². The first-order chi connectivity index (χ1) is 12.7. The number of halogens is 1. The number of carbonyl (C=O) groups excluding carboxylic acids is 1. The van der Waals surface area contributed by atoms with Crippen LogP contribution in [0.1, 0.15) is 27.0 Å². The maximum Gasteiger partial charge on any atom is 0.365 e. The lowest BCUT2D eigenvalue weighted by Gasteiger charge is -2.08. The summed E-state index contributed by atoms with van der Waals surface area (Å²) in [5.41, 5.74) is 3.58. The number of para-hydroxylation sites is 1. The average molecular weight is 364 g/mol. The van der Waals surface area contributed by atoms with Gasteiger partial charge in [0.05, 0.1) is 5.56 Å². The highest BCUT2D eigenvalue weighted by atomic mass is 35.5. The minimum Gasteiger partial charge on any atom is -0.488 e. The van der Waals surface area contributed by atoms with Gasteiger partial charge in [0.15, 0.2) is 0 Å². The molecule has 3 aromatic rings. The van der Waals surface area contributed by atoms with Crippen LogP contribution in [0.3, 0.4) is 0 Å². The van der Waals surface area contributed by atoms with Crippen molar-refractivity contribution in [3.8, 4) is 5.75 Å². The molecule has 0 aromatic heterocycles. The molecule has 3 aromatic carbocycles. The molecule has 1 aliphatic heterocycles. The molecule has 5 heteroatoms. The molecule has 0 spiro atoms. The molecular formula is C21H14ClNO3. The number of benzene rings is 3. The lowest BCUT2D eigenvalue weighted by molar-refractivity contribution is 0.0517. The number of fused-ring (bicyclic) bond motifs is 2. The zero-order valence-electron chi connectivity index (χ0n) is 13.7. The fourth-order valence-corrected chi connectivity index (χ4v) is 2.92. The first-order valence-electron chi connectivity index (χ1n) is 8.08. The van der Waals surface area contributed by atoms with E-state index in [0.29, 0.717) is 28.7 Å². The van der Waals surface area contributed by atoms with E-state index in [1.165, 1.54) is 0 Å². The van der Waals surface area contributed by atoms with Crippen LogP contribution in [0.25, 0.3) is 0 Å². The Bertz CT molecular complexity index is 947. The van der Waals surface area contributed by atoms with Gasteiger partial charge in [-0.1, -0.05) is 53.2 Å². The first kappa shape index (κ1) is 16.4. The summed E-state index contributed by atoms with van der Waals surface area (Å²) in [6.45, 7) is 0.428. The van der Waals surface area contributed by atoms with Gasteiger partial charge in [-0.15, -0.1) is 0 Å². The standard InChI is InChI=1S/C21H14ClNO3/c22-16-11-9-14(10-12-16)21(24)26-23-20-17-6-2-1-5-15(17)13-25-19-8-4-3-7-18(19)20/h1-12H,13H2/b23-20-. The number of hydrogen-bond donors (Lipinski definition) is 0. The highest BCUT2D eigenvalue weighted by molar-refractivity contribution is 6.30. The van der Waals surface area contributed by atoms with Crippen molar-refractivity contribution < 1.29 is 14.4 Å². The highest BCUT2D eigenvalue weighted by Crippen LogP contribution is 2.29. The van der Waals surface area contributed by atoms with Crippen LogP contribution in [-0.4, -0.2) is 11.7 Å². The van der Waals surface area contributed by atoms with Crippen LogP contribution in [0, 0.1) is 0 Å². The summed E-state index contributed by atoms with van der Waals surface area (Å²) in [6.07, 6.45) is 0. The van der Waals surface area contributed by atoms with Gasteiger partial charge in [-0.2, -0.15) is 0 Å². The van der Waals surface area contributed by atoms with Crippen molar-refractivity contribution in [2.45, 2.75) is 6.61 Å². The van der Waals surface area contributed by atoms with Crippen molar-refractivity contribution in [2.24, 2.45) is 5.16 Å². The van der Waals surface area contributed by atoms with Gasteiger partial charge in [0.1, 0.15) is 18.1 Å². The molecule has 0 saturated heterocycles. The molecule has 4 rings (SSSR count). The van der Waals surface area contributed by atoms with Gasteiger partial charge in [0.2, 0.25) is 0 Å². The van der Waals surface area contributed by atoms with Gasteiger partial charge in [-0.05, 0) is 42.0 Å². The van der Waals surface area contributed by atoms with Crippen molar-refractivity contribution in [1.82, 2.24) is 0 Å². The van der Waals surface area contributed by atoms with E-state index in [-0.39, 0.29) is 0 Å². The van der Waals surface area contributed by atoms with Crippen molar-refractivity contribution >= 4 is 23.3 Å². The predicted octanol–water partition coefficient (Wildman–Crippen LogP) is 4.84. The third-order valence-electron chi connectivity index (χ3n) is 4.10. The lowest BCUT2D eigenvalue weighted by atomic mass is 9.98. The van der Waals surface area contributed by atoms with Crippen molar-refractivity contribution in [2.75, 3.05) is 0 Å². The molecule has 1 heterocycles. The van der Waals surface area contributed by atoms with Crippen molar-refractivity contribution in [3.05, 3.63) is 100 Å². The van der Waals surface area contributed by atoms with Gasteiger partial charge in [0, 0.05) is 16.1 Å². The van der Waals surface area contributed by atoms with Crippen LogP contribution in [0.4, 0.5) is 0 Å². The predicted molar refractivity (Wildman–Crippen MR) is 99.7 cm³/mol. The summed E-state index contributed by atoms with van der Waals surface area (Å²) in [6, 6.07) is 21.8. The summed E-state index contributed by atoms with van der Waals surface area (Å²) in [4.78, 5) is 17.5. The molecule has 26 heavy (non-hydrogen) atoms. The molecule has 0 atom stereocenters. The Balaban J connectivity index is 1.73. The maximum atomic E-state index is 12.3. The van der Waals surface area contributed by atoms with E-state index >= 15 is 0 Å². The van der Waals surface area contributed by atoms with Gasteiger partial charge >= 0.3 is 5.97 Å². The van der Waals surface area contributed by atoms with E-state index in [4.69, 9.17) is 21.2 Å². The quantitative estimate of drug-likeness (QED) is 0.483. The van der Waals surface area contributed by atoms with Crippen LogP contribution < -0.4 is 4.74 Å². The SMILES string of the molecule is O=C(O/N=C1/c2ccccc2COc2ccccc21)c1ccc(Cl)cc1. The van der Waals surface area contributed by atoms with E-state index in [2.05, 4.69) is 5.16 Å². The topological polar surface area (TPSA) is 47.9 Å². The normalized spacial score (nSPS) is 14.0. The fourth-order valence-electron chi connectivity index (χ4n) is 2.79. The molecule has 1 aliphatic rings. The Morgan fingerprint density at radius 1 is 0.923 bits per heavy atom. The minimum absolute atomic E-state index is 0.380. The molecule has 0 saturated carbocycles. The van der Waals surface area contributed by atoms with E-state index in [1.807, 2.05) is 48.5 Å². The largest absolute Gasteiger partial charge is 0.488 e. The van der Waals surface area contributed by atoms with Crippen LogP contribution in [0.2, 0.25) is 5.02 Å². The second-order valence-electron chi connectivity index (χ2n) is 5.77. The minimum atomic E-state index is -0.547. The molecular weight excluding hydrogens is 350 g/mol. The Kier molecular flexibility index (Phi) is 4.42. The second kappa shape index (κ2) is 7.02. The summed E-state index contributed by atoms with van der Waals surface area (Å²) >= 11 is 5.85. The number of ether oxygens (including phenoxy) is 1. The average Bonchev–Trinajstić information content (AvgIpc) is 2.84. The highest BCUT2D eigenvalue weighted by Gasteiger charge is 2.21. The van der Waals surface area contributed by atoms with Crippen LogP contribution in [0.5, 0.6) is 5.75 Å².